The number of carbonyl (C=O) groups is 2. The van der Waals surface area contributed by atoms with Crippen molar-refractivity contribution >= 4 is 44.7 Å². The van der Waals surface area contributed by atoms with E-state index in [1.165, 1.54) is 11.4 Å². The van der Waals surface area contributed by atoms with Crippen LogP contribution < -0.4 is 24.8 Å². The van der Waals surface area contributed by atoms with E-state index >= 15 is 0 Å². The number of hydrogen-bond acceptors (Lipinski definition) is 9. The first kappa shape index (κ1) is 30.6. The molecule has 0 bridgehead atoms. The Morgan fingerprint density at radius 3 is 2.51 bits per heavy atom. The molecule has 0 spiro atoms. The van der Waals surface area contributed by atoms with E-state index in [-0.39, 0.29) is 48.9 Å². The molecular weight excluding hydrogens is 596 g/mol. The first-order chi connectivity index (χ1) is 20.5. The molecule has 0 aliphatic carbocycles. The van der Waals surface area contributed by atoms with E-state index in [4.69, 9.17) is 14.2 Å². The van der Waals surface area contributed by atoms with E-state index in [1.807, 2.05) is 6.92 Å². The van der Waals surface area contributed by atoms with Gasteiger partial charge in [-0.05, 0) is 48.7 Å². The third-order valence-electron chi connectivity index (χ3n) is 7.40. The van der Waals surface area contributed by atoms with E-state index in [0.29, 0.717) is 34.2 Å². The van der Waals surface area contributed by atoms with Gasteiger partial charge in [0.25, 0.3) is 10.0 Å². The van der Waals surface area contributed by atoms with Crippen LogP contribution in [0.2, 0.25) is 0 Å². The Morgan fingerprint density at radius 2 is 1.81 bits per heavy atom. The van der Waals surface area contributed by atoms with Crippen LogP contribution in [0.15, 0.2) is 58.1 Å². The smallest absolute Gasteiger partial charge is 0.323 e. The first-order valence-corrected chi connectivity index (χ1v) is 16.0. The van der Waals surface area contributed by atoms with E-state index < -0.39 is 28.2 Å². The molecule has 43 heavy (non-hydrogen) atoms. The average molecular weight is 631 g/mol. The van der Waals surface area contributed by atoms with Crippen molar-refractivity contribution in [2.45, 2.75) is 36.6 Å². The van der Waals surface area contributed by atoms with Crippen LogP contribution in [-0.4, -0.2) is 80.4 Å². The highest BCUT2D eigenvalue weighted by Gasteiger charge is 2.33. The number of benzene rings is 2. The zero-order valence-corrected chi connectivity index (χ0v) is 25.6. The highest BCUT2D eigenvalue weighted by Crippen LogP contribution is 2.34. The fraction of sp³-hybridized carbons (Fsp3) is 0.379. The van der Waals surface area contributed by atoms with Crippen LogP contribution in [0.25, 0.3) is 0 Å². The summed E-state index contributed by atoms with van der Waals surface area (Å²) in [5.41, 5.74) is 1.45. The highest BCUT2D eigenvalue weighted by molar-refractivity contribution is 7.91. The number of thiophene rings is 1. The summed E-state index contributed by atoms with van der Waals surface area (Å²) >= 11 is 1.14. The minimum atomic E-state index is -3.74. The number of nitrogens with one attached hydrogen (secondary N) is 2. The monoisotopic (exact) mass is 630 g/mol. The Kier molecular flexibility index (Phi) is 9.11. The minimum Gasteiger partial charge on any atom is -0.488 e. The Bertz CT molecular complexity index is 1580. The van der Waals surface area contributed by atoms with E-state index in [9.17, 15) is 23.1 Å². The van der Waals surface area contributed by atoms with Crippen LogP contribution in [0.4, 0.5) is 16.2 Å². The molecule has 3 aromatic rings. The number of nitrogens with zero attached hydrogens (tertiary/aromatic N) is 2. The number of carbonyl (C=O) groups excluding carboxylic acids is 2. The van der Waals surface area contributed by atoms with Gasteiger partial charge in [-0.2, -0.15) is 4.31 Å². The van der Waals surface area contributed by atoms with Gasteiger partial charge < -0.3 is 34.9 Å². The number of rotatable bonds is 8. The number of anilines is 2. The molecule has 230 valence electrons. The molecule has 2 aromatic carbocycles. The van der Waals surface area contributed by atoms with Gasteiger partial charge in [-0.1, -0.05) is 13.0 Å². The molecule has 2 aliphatic rings. The van der Waals surface area contributed by atoms with Gasteiger partial charge in [0.2, 0.25) is 12.7 Å². The zero-order valence-electron chi connectivity index (χ0n) is 24.0. The van der Waals surface area contributed by atoms with E-state index in [1.54, 1.807) is 65.7 Å². The second-order valence-corrected chi connectivity index (χ2v) is 13.8. The summed E-state index contributed by atoms with van der Waals surface area (Å²) in [6.07, 6.45) is -0.659. The number of amides is 3. The summed E-state index contributed by atoms with van der Waals surface area (Å²) in [4.78, 5) is 27.9. The topological polar surface area (TPSA) is 147 Å². The van der Waals surface area contributed by atoms with Crippen molar-refractivity contribution in [1.82, 2.24) is 9.21 Å². The number of urea groups is 1. The van der Waals surface area contributed by atoms with Crippen molar-refractivity contribution in [3.05, 3.63) is 59.5 Å². The fourth-order valence-electron chi connectivity index (χ4n) is 4.91. The van der Waals surface area contributed by atoms with Crippen molar-refractivity contribution < 1.29 is 37.3 Å². The van der Waals surface area contributed by atoms with Gasteiger partial charge in [-0.15, -0.1) is 11.3 Å². The summed E-state index contributed by atoms with van der Waals surface area (Å²) in [5.74, 6) is 1.04. The predicted molar refractivity (Wildman–Crippen MR) is 161 cm³/mol. The summed E-state index contributed by atoms with van der Waals surface area (Å²) in [5, 5.41) is 17.1. The Labute approximate surface area is 254 Å². The van der Waals surface area contributed by atoms with Gasteiger partial charge in [0.15, 0.2) is 11.5 Å². The Balaban J connectivity index is 1.38. The highest BCUT2D eigenvalue weighted by atomic mass is 32.2. The van der Waals surface area contributed by atoms with Crippen LogP contribution >= 0.6 is 11.3 Å². The zero-order chi connectivity index (χ0) is 30.7. The van der Waals surface area contributed by atoms with Crippen LogP contribution in [-0.2, 0) is 21.2 Å². The number of aliphatic hydroxyl groups excluding tert-OH is 1. The molecule has 12 nitrogen and oxygen atoms in total. The molecule has 0 saturated heterocycles. The SMILES string of the molecule is C[C@@H]1CN([C@H](C)CO)C(=O)Cc2cc(NC(=O)Nc3ccc4c(c3)OCO4)ccc2O[C@H]1CN(C)S(=O)(=O)c1cccs1. The molecule has 0 fully saturated rings. The Morgan fingerprint density at radius 1 is 1.12 bits per heavy atom. The van der Waals surface area contributed by atoms with E-state index in [0.717, 1.165) is 11.3 Å². The fourth-order valence-corrected chi connectivity index (χ4v) is 7.29. The summed E-state index contributed by atoms with van der Waals surface area (Å²) in [6.45, 7) is 3.83. The normalized spacial score (nSPS) is 19.1. The van der Waals surface area contributed by atoms with Gasteiger partial charge in [0.05, 0.1) is 25.6 Å². The minimum absolute atomic E-state index is 0.0360. The summed E-state index contributed by atoms with van der Waals surface area (Å²) in [7, 11) is -2.24. The molecule has 0 saturated carbocycles. The second-order valence-electron chi connectivity index (χ2n) is 10.6. The molecular formula is C29H34N4O8S2. The molecule has 3 atom stereocenters. The van der Waals surface area contributed by atoms with Crippen molar-refractivity contribution in [2.75, 3.05) is 44.2 Å². The lowest BCUT2D eigenvalue weighted by Crippen LogP contribution is -2.48. The van der Waals surface area contributed by atoms with Crippen LogP contribution in [0.5, 0.6) is 17.2 Å². The first-order valence-electron chi connectivity index (χ1n) is 13.7. The standard InChI is InChI=1S/C29H34N4O8S2/c1-18-14-33(19(2)16-34)27(35)12-20-11-21(30-29(36)31-22-7-9-24-25(13-22)40-17-39-24)6-8-23(20)41-26(18)15-32(3)43(37,38)28-5-4-10-42-28/h4-11,13,18-19,26,34H,12,14-17H2,1-3H3,(H2,30,31,36)/t18-,19-,26+/m1/s1. The third-order valence-corrected chi connectivity index (χ3v) is 10.6. The van der Waals surface area contributed by atoms with Crippen molar-refractivity contribution in [3.63, 3.8) is 0 Å². The molecule has 2 aliphatic heterocycles. The van der Waals surface area contributed by atoms with Crippen LogP contribution in [0.3, 0.4) is 0 Å². The molecule has 3 amide bonds. The molecule has 3 N–H and O–H groups in total. The molecule has 14 heteroatoms. The van der Waals surface area contributed by atoms with Gasteiger partial charge in [0.1, 0.15) is 16.1 Å². The third kappa shape index (κ3) is 6.88. The van der Waals surface area contributed by atoms with Crippen molar-refractivity contribution in [3.8, 4) is 17.2 Å². The molecule has 3 heterocycles. The Hall–Kier alpha value is -3.85. The largest absolute Gasteiger partial charge is 0.488 e. The number of likely N-dealkylation sites (N-methyl/N-ethyl adjacent to an activating group) is 1. The van der Waals surface area contributed by atoms with Gasteiger partial charge in [0, 0.05) is 42.5 Å². The molecule has 5 rings (SSSR count). The molecule has 0 radical (unpaired) electrons. The number of ether oxygens (including phenoxy) is 3. The van der Waals surface area contributed by atoms with Gasteiger partial charge in [-0.25, -0.2) is 13.2 Å². The summed E-state index contributed by atoms with van der Waals surface area (Å²) < 4.78 is 44.9. The number of fused-ring (bicyclic) bond motifs is 2. The van der Waals surface area contributed by atoms with E-state index in [2.05, 4.69) is 10.6 Å². The van der Waals surface area contributed by atoms with Gasteiger partial charge >= 0.3 is 6.03 Å². The number of sulfonamides is 1. The maximum atomic E-state index is 13.5. The van der Waals surface area contributed by atoms with Crippen molar-refractivity contribution in [2.24, 2.45) is 5.92 Å². The lowest BCUT2D eigenvalue weighted by atomic mass is 10.0. The number of aliphatic hydroxyl groups is 1. The van der Waals surface area contributed by atoms with Crippen molar-refractivity contribution in [1.29, 1.82) is 0 Å². The maximum Gasteiger partial charge on any atom is 0.323 e. The van der Waals surface area contributed by atoms with Crippen LogP contribution in [0.1, 0.15) is 19.4 Å². The maximum absolute atomic E-state index is 13.5. The average Bonchev–Trinajstić information content (AvgIpc) is 3.69. The quantitative estimate of drug-likeness (QED) is 0.342. The summed E-state index contributed by atoms with van der Waals surface area (Å²) in [6, 6.07) is 12.3. The van der Waals surface area contributed by atoms with Crippen LogP contribution in [0, 0.1) is 5.92 Å². The second kappa shape index (κ2) is 12.8. The lowest BCUT2D eigenvalue weighted by Gasteiger charge is -2.33. The molecule has 1 aromatic heterocycles. The number of hydrogen-bond donors (Lipinski definition) is 3. The van der Waals surface area contributed by atoms with Gasteiger partial charge in [-0.3, -0.25) is 4.79 Å². The predicted octanol–water partition coefficient (Wildman–Crippen LogP) is 3.59. The lowest BCUT2D eigenvalue weighted by molar-refractivity contribution is -0.134. The molecule has 0 unspecified atom stereocenters.